The minimum atomic E-state index is -0.0797. The summed E-state index contributed by atoms with van der Waals surface area (Å²) in [6.07, 6.45) is 5.11. The van der Waals surface area contributed by atoms with Crippen molar-refractivity contribution in [3.8, 4) is 0 Å². The van der Waals surface area contributed by atoms with Gasteiger partial charge in [0.05, 0.1) is 11.0 Å². The average Bonchev–Trinajstić information content (AvgIpc) is 2.75. The highest BCUT2D eigenvalue weighted by Gasteiger charge is 2.10. The Balaban J connectivity index is 2.09. The minimum absolute atomic E-state index is 0.0519. The lowest BCUT2D eigenvalue weighted by Gasteiger charge is -2.08. The monoisotopic (exact) mass is 274 g/mol. The lowest BCUT2D eigenvalue weighted by molar-refractivity contribution is -0.120. The van der Waals surface area contributed by atoms with E-state index >= 15 is 0 Å². The Morgan fingerprint density at radius 1 is 1.67 bits per heavy atom. The zero-order valence-corrected chi connectivity index (χ0v) is 10.3. The molecule has 0 radical (unpaired) electrons. The van der Waals surface area contributed by atoms with Gasteiger partial charge in [0.15, 0.2) is 0 Å². The summed E-state index contributed by atoms with van der Waals surface area (Å²) in [6.45, 7) is 3.41. The van der Waals surface area contributed by atoms with E-state index in [0.29, 0.717) is 6.54 Å². The van der Waals surface area contributed by atoms with Gasteiger partial charge in [0.25, 0.3) is 0 Å². The first-order valence-corrected chi connectivity index (χ1v) is 5.91. The topological polar surface area (TPSA) is 59.8 Å². The Bertz CT molecular complexity index is 288. The Morgan fingerprint density at radius 3 is 3.07 bits per heavy atom. The third kappa shape index (κ3) is 4.42. The van der Waals surface area contributed by atoms with Gasteiger partial charge in [0.2, 0.25) is 5.91 Å². The normalized spacial score (nSPS) is 12.4. The van der Waals surface area contributed by atoms with Crippen LogP contribution < -0.4 is 5.32 Å². The number of hydrogen-bond donors (Lipinski definition) is 1. The van der Waals surface area contributed by atoms with E-state index in [0.717, 1.165) is 19.4 Å². The van der Waals surface area contributed by atoms with E-state index < -0.39 is 0 Å². The van der Waals surface area contributed by atoms with Crippen molar-refractivity contribution >= 4 is 21.8 Å². The van der Waals surface area contributed by atoms with Crippen LogP contribution in [0.1, 0.15) is 19.8 Å². The maximum absolute atomic E-state index is 11.3. The second kappa shape index (κ2) is 6.55. The van der Waals surface area contributed by atoms with E-state index in [9.17, 15) is 4.79 Å². The number of carbonyl (C=O) groups is 1. The van der Waals surface area contributed by atoms with Crippen LogP contribution in [-0.2, 0) is 11.3 Å². The number of aromatic nitrogens is 3. The van der Waals surface area contributed by atoms with Crippen molar-refractivity contribution in [3.63, 3.8) is 0 Å². The molecule has 1 N–H and O–H groups in total. The number of halogens is 1. The zero-order chi connectivity index (χ0) is 11.1. The van der Waals surface area contributed by atoms with Gasteiger partial charge in [0, 0.05) is 19.3 Å². The molecular weight excluding hydrogens is 260 g/mol. The van der Waals surface area contributed by atoms with Crippen molar-refractivity contribution in [3.05, 3.63) is 12.4 Å². The number of hydrogen-bond acceptors (Lipinski definition) is 3. The van der Waals surface area contributed by atoms with Crippen LogP contribution in [-0.4, -0.2) is 32.3 Å². The molecule has 0 bridgehead atoms. The molecule has 1 atom stereocenters. The highest BCUT2D eigenvalue weighted by Crippen LogP contribution is 2.03. The lowest BCUT2D eigenvalue weighted by Crippen LogP contribution is -2.31. The van der Waals surface area contributed by atoms with E-state index in [1.165, 1.54) is 0 Å². The molecule has 1 unspecified atom stereocenters. The van der Waals surface area contributed by atoms with Gasteiger partial charge in [-0.05, 0) is 12.8 Å². The molecule has 0 aliphatic carbocycles. The predicted molar refractivity (Wildman–Crippen MR) is 60.7 cm³/mol. The van der Waals surface area contributed by atoms with Crippen LogP contribution in [0.15, 0.2) is 12.4 Å². The van der Waals surface area contributed by atoms with Crippen LogP contribution in [0.25, 0.3) is 0 Å². The summed E-state index contributed by atoms with van der Waals surface area (Å²) in [6, 6.07) is 0. The van der Waals surface area contributed by atoms with Gasteiger partial charge in [-0.1, -0.05) is 28.1 Å². The largest absolute Gasteiger partial charge is 0.355 e. The number of aryl methyl sites for hydroxylation is 1. The van der Waals surface area contributed by atoms with Gasteiger partial charge in [-0.3, -0.25) is 9.48 Å². The third-order valence-electron chi connectivity index (χ3n) is 1.98. The van der Waals surface area contributed by atoms with Gasteiger partial charge in [-0.2, -0.15) is 0 Å². The van der Waals surface area contributed by atoms with Crippen LogP contribution in [0.5, 0.6) is 0 Å². The molecule has 15 heavy (non-hydrogen) atoms. The first-order valence-electron chi connectivity index (χ1n) is 5.00. The second-order valence-corrected chi connectivity index (χ2v) is 4.29. The fourth-order valence-corrected chi connectivity index (χ4v) is 1.26. The SMILES string of the molecule is CCC(Br)C(=O)NCCCn1ccnn1. The fourth-order valence-electron chi connectivity index (χ4n) is 1.10. The van der Waals surface area contributed by atoms with Crippen LogP contribution in [0.4, 0.5) is 0 Å². The van der Waals surface area contributed by atoms with Crippen LogP contribution in [0, 0.1) is 0 Å². The van der Waals surface area contributed by atoms with Gasteiger partial charge in [-0.15, -0.1) is 5.10 Å². The second-order valence-electron chi connectivity index (χ2n) is 3.19. The molecule has 1 aromatic rings. The molecule has 0 aliphatic rings. The van der Waals surface area contributed by atoms with E-state index in [2.05, 4.69) is 31.6 Å². The summed E-state index contributed by atoms with van der Waals surface area (Å²) in [7, 11) is 0. The summed E-state index contributed by atoms with van der Waals surface area (Å²) < 4.78 is 1.75. The first-order chi connectivity index (χ1) is 7.24. The predicted octanol–water partition coefficient (Wildman–Crippen LogP) is 0.958. The highest BCUT2D eigenvalue weighted by atomic mass is 79.9. The molecule has 0 aromatic carbocycles. The smallest absolute Gasteiger partial charge is 0.233 e. The van der Waals surface area contributed by atoms with Crippen LogP contribution >= 0.6 is 15.9 Å². The lowest BCUT2D eigenvalue weighted by atomic mass is 10.3. The number of nitrogens with one attached hydrogen (secondary N) is 1. The molecule has 0 saturated carbocycles. The van der Waals surface area contributed by atoms with Gasteiger partial charge in [-0.25, -0.2) is 0 Å². The maximum Gasteiger partial charge on any atom is 0.233 e. The summed E-state index contributed by atoms with van der Waals surface area (Å²) in [4.78, 5) is 11.3. The number of carbonyl (C=O) groups excluding carboxylic acids is 1. The number of rotatable bonds is 6. The van der Waals surface area contributed by atoms with Crippen molar-refractivity contribution < 1.29 is 4.79 Å². The maximum atomic E-state index is 11.3. The van der Waals surface area contributed by atoms with Crippen LogP contribution in [0.2, 0.25) is 0 Å². The first kappa shape index (κ1) is 12.2. The molecule has 84 valence electrons. The Labute approximate surface area is 97.4 Å². The van der Waals surface area contributed by atoms with Crippen LogP contribution in [0.3, 0.4) is 0 Å². The Morgan fingerprint density at radius 2 is 2.47 bits per heavy atom. The van der Waals surface area contributed by atoms with Crippen molar-refractivity contribution in [2.24, 2.45) is 0 Å². The number of nitrogens with zero attached hydrogens (tertiary/aromatic N) is 3. The standard InChI is InChI=1S/C9H15BrN4O/c1-2-8(10)9(15)11-4-3-6-14-7-5-12-13-14/h5,7-8H,2-4,6H2,1H3,(H,11,15). The van der Waals surface area contributed by atoms with Gasteiger partial charge >= 0.3 is 0 Å². The molecule has 0 saturated heterocycles. The fraction of sp³-hybridized carbons (Fsp3) is 0.667. The van der Waals surface area contributed by atoms with Crippen molar-refractivity contribution in [1.29, 1.82) is 0 Å². The minimum Gasteiger partial charge on any atom is -0.355 e. The third-order valence-corrected chi connectivity index (χ3v) is 3.04. The quantitative estimate of drug-likeness (QED) is 0.621. The molecule has 5 nitrogen and oxygen atoms in total. The van der Waals surface area contributed by atoms with E-state index in [4.69, 9.17) is 0 Å². The average molecular weight is 275 g/mol. The summed E-state index contributed by atoms with van der Waals surface area (Å²) >= 11 is 3.29. The van der Waals surface area contributed by atoms with Crippen molar-refractivity contribution in [2.45, 2.75) is 31.1 Å². The molecule has 0 fully saturated rings. The van der Waals surface area contributed by atoms with Gasteiger partial charge < -0.3 is 5.32 Å². The molecule has 1 amide bonds. The van der Waals surface area contributed by atoms with E-state index in [1.807, 2.05) is 6.92 Å². The molecule has 6 heteroatoms. The van der Waals surface area contributed by atoms with Crippen molar-refractivity contribution in [1.82, 2.24) is 20.3 Å². The van der Waals surface area contributed by atoms with Crippen molar-refractivity contribution in [2.75, 3.05) is 6.54 Å². The Hall–Kier alpha value is -0.910. The molecule has 1 aromatic heterocycles. The Kier molecular flexibility index (Phi) is 5.31. The molecule has 1 rings (SSSR count). The molecule has 0 spiro atoms. The van der Waals surface area contributed by atoms with Gasteiger partial charge in [0.1, 0.15) is 0 Å². The zero-order valence-electron chi connectivity index (χ0n) is 8.69. The number of alkyl halides is 1. The molecule has 0 aliphatic heterocycles. The highest BCUT2D eigenvalue weighted by molar-refractivity contribution is 9.10. The summed E-state index contributed by atoms with van der Waals surface area (Å²) in [5, 5.41) is 10.4. The molecule has 1 heterocycles. The molecular formula is C9H15BrN4O. The summed E-state index contributed by atoms with van der Waals surface area (Å²) in [5.41, 5.74) is 0. The van der Waals surface area contributed by atoms with E-state index in [1.54, 1.807) is 17.1 Å². The van der Waals surface area contributed by atoms with E-state index in [-0.39, 0.29) is 10.7 Å². The number of amides is 1. The summed E-state index contributed by atoms with van der Waals surface area (Å²) in [5.74, 6) is 0.0519.